The maximum atomic E-state index is 12.0. The van der Waals surface area contributed by atoms with Crippen molar-refractivity contribution in [2.45, 2.75) is 70.1 Å². The van der Waals surface area contributed by atoms with Crippen molar-refractivity contribution in [1.29, 1.82) is 0 Å². The van der Waals surface area contributed by atoms with E-state index in [1.807, 2.05) is 0 Å². The fourth-order valence-electron chi connectivity index (χ4n) is 3.85. The molecule has 3 fully saturated rings. The van der Waals surface area contributed by atoms with Crippen LogP contribution in [0.1, 0.15) is 51.9 Å². The normalized spacial score (nSPS) is 40.6. The van der Waals surface area contributed by atoms with Gasteiger partial charge in [0, 0.05) is 24.6 Å². The van der Waals surface area contributed by atoms with Gasteiger partial charge in [-0.2, -0.15) is 0 Å². The second-order valence-electron chi connectivity index (χ2n) is 6.41. The molecule has 3 aliphatic rings. The van der Waals surface area contributed by atoms with Gasteiger partial charge in [-0.05, 0) is 44.4 Å². The molecular weight excluding hydrogens is 240 g/mol. The summed E-state index contributed by atoms with van der Waals surface area (Å²) in [5.41, 5.74) is 0. The smallest absolute Gasteiger partial charge is 0.315 e. The highest BCUT2D eigenvalue weighted by Gasteiger charge is 2.40. The summed E-state index contributed by atoms with van der Waals surface area (Å²) < 4.78 is 5.74. The molecule has 4 nitrogen and oxygen atoms in total. The molecule has 2 amide bonds. The van der Waals surface area contributed by atoms with E-state index in [1.165, 1.54) is 32.1 Å². The zero-order valence-corrected chi connectivity index (χ0v) is 11.9. The predicted molar refractivity (Wildman–Crippen MR) is 74.0 cm³/mol. The highest BCUT2D eigenvalue weighted by atomic mass is 16.5. The third-order valence-corrected chi connectivity index (χ3v) is 5.00. The molecule has 108 valence electrons. The fraction of sp³-hybridized carbons (Fsp3) is 0.933. The molecule has 2 N–H and O–H groups in total. The zero-order valence-electron chi connectivity index (χ0n) is 11.9. The minimum atomic E-state index is 0.0427. The van der Waals surface area contributed by atoms with Gasteiger partial charge in [0.05, 0.1) is 6.10 Å². The summed E-state index contributed by atoms with van der Waals surface area (Å²) in [5, 5.41) is 6.32. The van der Waals surface area contributed by atoms with Gasteiger partial charge in [-0.25, -0.2) is 4.79 Å². The number of carbonyl (C=O) groups is 1. The number of hydrogen-bond donors (Lipinski definition) is 2. The first kappa shape index (κ1) is 13.2. The lowest BCUT2D eigenvalue weighted by Gasteiger charge is -2.33. The van der Waals surface area contributed by atoms with Gasteiger partial charge in [-0.15, -0.1) is 0 Å². The number of urea groups is 1. The summed E-state index contributed by atoms with van der Waals surface area (Å²) in [6.45, 7) is 3.08. The molecule has 5 unspecified atom stereocenters. The second kappa shape index (κ2) is 5.70. The Hall–Kier alpha value is -0.770. The van der Waals surface area contributed by atoms with Crippen molar-refractivity contribution in [3.63, 3.8) is 0 Å². The van der Waals surface area contributed by atoms with Crippen LogP contribution in [0.4, 0.5) is 4.79 Å². The number of carbonyl (C=O) groups excluding carboxylic acids is 1. The highest BCUT2D eigenvalue weighted by Crippen LogP contribution is 2.36. The Morgan fingerprint density at radius 3 is 2.89 bits per heavy atom. The summed E-state index contributed by atoms with van der Waals surface area (Å²) >= 11 is 0. The van der Waals surface area contributed by atoms with Gasteiger partial charge in [0.2, 0.25) is 0 Å². The SMILES string of the molecule is CCCC1CC1NC(=O)NC1CCCC2OCCC12. The molecule has 1 heterocycles. The molecule has 0 aromatic heterocycles. The van der Waals surface area contributed by atoms with E-state index in [1.54, 1.807) is 0 Å². The monoisotopic (exact) mass is 266 g/mol. The van der Waals surface area contributed by atoms with Gasteiger partial charge in [0.25, 0.3) is 0 Å². The Morgan fingerprint density at radius 2 is 2.05 bits per heavy atom. The van der Waals surface area contributed by atoms with Crippen molar-refractivity contribution in [1.82, 2.24) is 10.6 Å². The standard InChI is InChI=1S/C15H26N2O2/c1-2-4-10-9-13(10)17-15(18)16-12-5-3-6-14-11(12)7-8-19-14/h10-14H,2-9H2,1H3,(H2,16,17,18). The van der Waals surface area contributed by atoms with E-state index in [0.29, 0.717) is 24.1 Å². The summed E-state index contributed by atoms with van der Waals surface area (Å²) in [4.78, 5) is 12.0. The summed E-state index contributed by atoms with van der Waals surface area (Å²) in [5.74, 6) is 1.27. The number of nitrogens with one attached hydrogen (secondary N) is 2. The lowest BCUT2D eigenvalue weighted by atomic mass is 9.82. The van der Waals surface area contributed by atoms with Gasteiger partial charge in [-0.3, -0.25) is 0 Å². The van der Waals surface area contributed by atoms with Crippen LogP contribution >= 0.6 is 0 Å². The first-order valence-electron chi connectivity index (χ1n) is 7.96. The van der Waals surface area contributed by atoms with Crippen molar-refractivity contribution in [3.8, 4) is 0 Å². The fourth-order valence-corrected chi connectivity index (χ4v) is 3.85. The van der Waals surface area contributed by atoms with Gasteiger partial charge < -0.3 is 15.4 Å². The summed E-state index contributed by atoms with van der Waals surface area (Å²) in [7, 11) is 0. The van der Waals surface area contributed by atoms with E-state index in [2.05, 4.69) is 17.6 Å². The average Bonchev–Trinajstić information content (AvgIpc) is 2.92. The van der Waals surface area contributed by atoms with Crippen LogP contribution < -0.4 is 10.6 Å². The molecule has 2 saturated carbocycles. The quantitative estimate of drug-likeness (QED) is 0.821. The molecule has 19 heavy (non-hydrogen) atoms. The van der Waals surface area contributed by atoms with E-state index in [4.69, 9.17) is 4.74 Å². The number of fused-ring (bicyclic) bond motifs is 1. The topological polar surface area (TPSA) is 50.4 Å². The van der Waals surface area contributed by atoms with Crippen LogP contribution in [0, 0.1) is 11.8 Å². The van der Waals surface area contributed by atoms with Crippen LogP contribution in [0.25, 0.3) is 0 Å². The molecule has 0 aromatic rings. The van der Waals surface area contributed by atoms with Crippen LogP contribution in [0.2, 0.25) is 0 Å². The first-order valence-corrected chi connectivity index (χ1v) is 7.96. The highest BCUT2D eigenvalue weighted by molar-refractivity contribution is 5.75. The Labute approximate surface area is 115 Å². The van der Waals surface area contributed by atoms with Gasteiger partial charge >= 0.3 is 6.03 Å². The number of amides is 2. The van der Waals surface area contributed by atoms with Crippen molar-refractivity contribution in [2.24, 2.45) is 11.8 Å². The lowest BCUT2D eigenvalue weighted by Crippen LogP contribution is -2.49. The van der Waals surface area contributed by atoms with Crippen LogP contribution in [-0.4, -0.2) is 30.8 Å². The molecule has 1 saturated heterocycles. The largest absolute Gasteiger partial charge is 0.378 e. The molecular formula is C15H26N2O2. The number of rotatable bonds is 4. The third kappa shape index (κ3) is 3.04. The summed E-state index contributed by atoms with van der Waals surface area (Å²) in [6, 6.07) is 0.796. The van der Waals surface area contributed by atoms with E-state index in [0.717, 1.165) is 25.4 Å². The van der Waals surface area contributed by atoms with Crippen LogP contribution in [0.5, 0.6) is 0 Å². The summed E-state index contributed by atoms with van der Waals surface area (Å²) in [6.07, 6.45) is 8.59. The first-order chi connectivity index (χ1) is 9.28. The molecule has 3 rings (SSSR count). The Kier molecular flexibility index (Phi) is 3.96. The van der Waals surface area contributed by atoms with Crippen molar-refractivity contribution in [2.75, 3.05) is 6.61 Å². The number of ether oxygens (including phenoxy) is 1. The molecule has 1 aliphatic heterocycles. The van der Waals surface area contributed by atoms with Gasteiger partial charge in [0.15, 0.2) is 0 Å². The minimum absolute atomic E-state index is 0.0427. The molecule has 4 heteroatoms. The van der Waals surface area contributed by atoms with Crippen molar-refractivity contribution < 1.29 is 9.53 Å². The van der Waals surface area contributed by atoms with E-state index in [9.17, 15) is 4.79 Å². The van der Waals surface area contributed by atoms with Gasteiger partial charge in [0.1, 0.15) is 0 Å². The molecule has 0 aromatic carbocycles. The molecule has 0 bridgehead atoms. The van der Waals surface area contributed by atoms with E-state index < -0.39 is 0 Å². The average molecular weight is 266 g/mol. The van der Waals surface area contributed by atoms with E-state index >= 15 is 0 Å². The van der Waals surface area contributed by atoms with Crippen LogP contribution in [0.3, 0.4) is 0 Å². The lowest BCUT2D eigenvalue weighted by molar-refractivity contribution is 0.0549. The number of hydrogen-bond acceptors (Lipinski definition) is 2. The minimum Gasteiger partial charge on any atom is -0.378 e. The Morgan fingerprint density at radius 1 is 1.21 bits per heavy atom. The maximum Gasteiger partial charge on any atom is 0.315 e. The van der Waals surface area contributed by atoms with Crippen molar-refractivity contribution >= 4 is 6.03 Å². The van der Waals surface area contributed by atoms with Crippen LogP contribution in [0.15, 0.2) is 0 Å². The molecule has 5 atom stereocenters. The Balaban J connectivity index is 1.44. The molecule has 2 aliphatic carbocycles. The molecule has 0 spiro atoms. The maximum absolute atomic E-state index is 12.0. The van der Waals surface area contributed by atoms with Crippen LogP contribution in [-0.2, 0) is 4.74 Å². The predicted octanol–water partition coefficient (Wildman–Crippen LogP) is 2.43. The van der Waals surface area contributed by atoms with E-state index in [-0.39, 0.29) is 6.03 Å². The van der Waals surface area contributed by atoms with Crippen molar-refractivity contribution in [3.05, 3.63) is 0 Å². The third-order valence-electron chi connectivity index (χ3n) is 5.00. The Bertz CT molecular complexity index is 334. The molecule has 0 radical (unpaired) electrons. The zero-order chi connectivity index (χ0) is 13.2. The second-order valence-corrected chi connectivity index (χ2v) is 6.41. The van der Waals surface area contributed by atoms with Gasteiger partial charge in [-0.1, -0.05) is 13.3 Å².